The highest BCUT2D eigenvalue weighted by Gasteiger charge is 2.22. The average molecular weight is 297 g/mol. The van der Waals surface area contributed by atoms with E-state index in [1.165, 1.54) is 0 Å². The van der Waals surface area contributed by atoms with Gasteiger partial charge in [0.1, 0.15) is 5.52 Å². The van der Waals surface area contributed by atoms with Crippen LogP contribution < -0.4 is 0 Å². The highest BCUT2D eigenvalue weighted by atomic mass is 16.2. The van der Waals surface area contributed by atoms with Gasteiger partial charge in [0.2, 0.25) is 5.82 Å². The summed E-state index contributed by atoms with van der Waals surface area (Å²) < 4.78 is 0. The SMILES string of the molecule is C=CCN1CCCN(C(=O)c2nnc3ccccc3n2)CC1. The van der Waals surface area contributed by atoms with Gasteiger partial charge in [-0.25, -0.2) is 4.98 Å². The highest BCUT2D eigenvalue weighted by molar-refractivity contribution is 5.91. The lowest BCUT2D eigenvalue weighted by molar-refractivity contribution is 0.0749. The Morgan fingerprint density at radius 2 is 1.95 bits per heavy atom. The lowest BCUT2D eigenvalue weighted by atomic mass is 10.3. The van der Waals surface area contributed by atoms with Crippen LogP contribution in [0.3, 0.4) is 0 Å². The monoisotopic (exact) mass is 297 g/mol. The molecule has 1 aliphatic heterocycles. The number of fused-ring (bicyclic) bond motifs is 1. The van der Waals surface area contributed by atoms with Gasteiger partial charge in [-0.3, -0.25) is 9.69 Å². The van der Waals surface area contributed by atoms with Crippen LogP contribution in [-0.2, 0) is 0 Å². The molecule has 0 atom stereocenters. The van der Waals surface area contributed by atoms with Crippen LogP contribution >= 0.6 is 0 Å². The van der Waals surface area contributed by atoms with Crippen LogP contribution in [-0.4, -0.2) is 63.6 Å². The van der Waals surface area contributed by atoms with E-state index in [4.69, 9.17) is 0 Å². The highest BCUT2D eigenvalue weighted by Crippen LogP contribution is 2.10. The van der Waals surface area contributed by atoms with Crippen LogP contribution in [0.25, 0.3) is 11.0 Å². The molecule has 114 valence electrons. The molecule has 6 heteroatoms. The standard InChI is InChI=1S/C16H19N5O/c1-2-8-20-9-5-10-21(12-11-20)16(22)15-17-13-6-3-4-7-14(13)18-19-15/h2-4,6-7H,1,5,8-12H2. The summed E-state index contributed by atoms with van der Waals surface area (Å²) in [6, 6.07) is 7.44. The number of para-hydroxylation sites is 1. The van der Waals surface area contributed by atoms with Gasteiger partial charge in [0.15, 0.2) is 0 Å². The second-order valence-electron chi connectivity index (χ2n) is 5.36. The summed E-state index contributed by atoms with van der Waals surface area (Å²) in [5.41, 5.74) is 1.40. The molecule has 3 rings (SSSR count). The maximum Gasteiger partial charge on any atom is 0.293 e. The number of nitrogens with zero attached hydrogens (tertiary/aromatic N) is 5. The molecule has 1 aromatic heterocycles. The Morgan fingerprint density at radius 1 is 1.14 bits per heavy atom. The van der Waals surface area contributed by atoms with Crippen LogP contribution in [0.15, 0.2) is 36.9 Å². The van der Waals surface area contributed by atoms with Gasteiger partial charge in [-0.2, -0.15) is 0 Å². The number of carbonyl (C=O) groups is 1. The lowest BCUT2D eigenvalue weighted by Gasteiger charge is -2.20. The van der Waals surface area contributed by atoms with Gasteiger partial charge < -0.3 is 4.90 Å². The van der Waals surface area contributed by atoms with Crippen molar-refractivity contribution in [2.24, 2.45) is 0 Å². The van der Waals surface area contributed by atoms with Gasteiger partial charge in [0.25, 0.3) is 5.91 Å². The van der Waals surface area contributed by atoms with Gasteiger partial charge in [-0.05, 0) is 18.6 Å². The molecule has 6 nitrogen and oxygen atoms in total. The van der Waals surface area contributed by atoms with Crippen molar-refractivity contribution in [1.29, 1.82) is 0 Å². The Bertz CT molecular complexity index is 687. The van der Waals surface area contributed by atoms with Gasteiger partial charge in [0.05, 0.1) is 5.52 Å². The van der Waals surface area contributed by atoms with Crippen LogP contribution in [0.5, 0.6) is 0 Å². The normalized spacial score (nSPS) is 16.5. The van der Waals surface area contributed by atoms with E-state index in [0.717, 1.165) is 32.6 Å². The van der Waals surface area contributed by atoms with Crippen LogP contribution in [0.4, 0.5) is 0 Å². The second-order valence-corrected chi connectivity index (χ2v) is 5.36. The fraction of sp³-hybridized carbons (Fsp3) is 0.375. The maximum atomic E-state index is 12.6. The van der Waals surface area contributed by atoms with Crippen LogP contribution in [0.1, 0.15) is 17.0 Å². The fourth-order valence-corrected chi connectivity index (χ4v) is 2.65. The molecule has 1 amide bonds. The summed E-state index contributed by atoms with van der Waals surface area (Å²) in [7, 11) is 0. The number of rotatable bonds is 3. The molecule has 22 heavy (non-hydrogen) atoms. The third kappa shape index (κ3) is 3.12. The minimum absolute atomic E-state index is 0.140. The molecule has 1 saturated heterocycles. The van der Waals surface area contributed by atoms with Crippen molar-refractivity contribution in [3.05, 3.63) is 42.7 Å². The third-order valence-corrected chi connectivity index (χ3v) is 3.81. The molecular weight excluding hydrogens is 278 g/mol. The van der Waals surface area contributed by atoms with E-state index < -0.39 is 0 Å². The minimum atomic E-state index is -0.140. The number of amides is 1. The van der Waals surface area contributed by atoms with Crippen molar-refractivity contribution < 1.29 is 4.79 Å². The molecule has 1 fully saturated rings. The van der Waals surface area contributed by atoms with E-state index in [1.54, 1.807) is 0 Å². The minimum Gasteiger partial charge on any atom is -0.335 e. The van der Waals surface area contributed by atoms with Crippen molar-refractivity contribution in [2.45, 2.75) is 6.42 Å². The van der Waals surface area contributed by atoms with E-state index in [0.29, 0.717) is 17.6 Å². The molecule has 0 N–H and O–H groups in total. The predicted octanol–water partition coefficient (Wildman–Crippen LogP) is 1.36. The van der Waals surface area contributed by atoms with Crippen molar-refractivity contribution in [3.63, 3.8) is 0 Å². The molecule has 0 unspecified atom stereocenters. The van der Waals surface area contributed by atoms with E-state index in [1.807, 2.05) is 35.2 Å². The smallest absolute Gasteiger partial charge is 0.293 e. The summed E-state index contributed by atoms with van der Waals surface area (Å²) in [4.78, 5) is 21.0. The summed E-state index contributed by atoms with van der Waals surface area (Å²) >= 11 is 0. The van der Waals surface area contributed by atoms with Gasteiger partial charge in [0, 0.05) is 32.7 Å². The summed E-state index contributed by atoms with van der Waals surface area (Å²) in [5, 5.41) is 8.07. The Morgan fingerprint density at radius 3 is 2.77 bits per heavy atom. The van der Waals surface area contributed by atoms with E-state index >= 15 is 0 Å². The van der Waals surface area contributed by atoms with E-state index in [9.17, 15) is 4.79 Å². The molecule has 2 heterocycles. The molecule has 1 aromatic carbocycles. The number of carbonyl (C=O) groups excluding carboxylic acids is 1. The Balaban J connectivity index is 1.75. The number of hydrogen-bond acceptors (Lipinski definition) is 5. The molecule has 1 aliphatic rings. The Hall–Kier alpha value is -2.34. The van der Waals surface area contributed by atoms with Crippen LogP contribution in [0.2, 0.25) is 0 Å². The zero-order valence-electron chi connectivity index (χ0n) is 12.5. The van der Waals surface area contributed by atoms with Gasteiger partial charge >= 0.3 is 0 Å². The molecular formula is C16H19N5O. The predicted molar refractivity (Wildman–Crippen MR) is 84.5 cm³/mol. The topological polar surface area (TPSA) is 62.2 Å². The Labute approximate surface area is 129 Å². The summed E-state index contributed by atoms with van der Waals surface area (Å²) in [6.45, 7) is 7.86. The van der Waals surface area contributed by atoms with Crippen molar-refractivity contribution in [1.82, 2.24) is 25.0 Å². The maximum absolute atomic E-state index is 12.6. The average Bonchev–Trinajstić information content (AvgIpc) is 2.80. The van der Waals surface area contributed by atoms with Gasteiger partial charge in [-0.15, -0.1) is 16.8 Å². The molecule has 0 aliphatic carbocycles. The number of hydrogen-bond donors (Lipinski definition) is 0. The third-order valence-electron chi connectivity index (χ3n) is 3.81. The molecule has 0 spiro atoms. The zero-order chi connectivity index (χ0) is 15.4. The number of benzene rings is 1. The summed E-state index contributed by atoms with van der Waals surface area (Å²) in [5.74, 6) is 0.0366. The fourth-order valence-electron chi connectivity index (χ4n) is 2.65. The van der Waals surface area contributed by atoms with Crippen molar-refractivity contribution in [3.8, 4) is 0 Å². The molecule has 2 aromatic rings. The quantitative estimate of drug-likeness (QED) is 0.801. The van der Waals surface area contributed by atoms with Gasteiger partial charge in [-0.1, -0.05) is 18.2 Å². The number of aromatic nitrogens is 3. The molecule has 0 bridgehead atoms. The Kier molecular flexibility index (Phi) is 4.39. The van der Waals surface area contributed by atoms with Crippen molar-refractivity contribution in [2.75, 3.05) is 32.7 Å². The second kappa shape index (κ2) is 6.62. The van der Waals surface area contributed by atoms with Crippen molar-refractivity contribution >= 4 is 16.9 Å². The lowest BCUT2D eigenvalue weighted by Crippen LogP contribution is -2.36. The zero-order valence-corrected chi connectivity index (χ0v) is 12.5. The first-order valence-electron chi connectivity index (χ1n) is 7.50. The first-order chi connectivity index (χ1) is 10.8. The van der Waals surface area contributed by atoms with E-state index in [2.05, 4.69) is 26.7 Å². The largest absolute Gasteiger partial charge is 0.335 e. The molecule has 0 saturated carbocycles. The first-order valence-corrected chi connectivity index (χ1v) is 7.50. The van der Waals surface area contributed by atoms with E-state index in [-0.39, 0.29) is 11.7 Å². The first kappa shape index (κ1) is 14.6. The van der Waals surface area contributed by atoms with Crippen LogP contribution in [0, 0.1) is 0 Å². The molecule has 0 radical (unpaired) electrons. The summed E-state index contributed by atoms with van der Waals surface area (Å²) in [6.07, 6.45) is 2.84.